The number of rotatable bonds is 6. The second-order valence-corrected chi connectivity index (χ2v) is 5.67. The quantitative estimate of drug-likeness (QED) is 0.489. The van der Waals surface area contributed by atoms with Crippen molar-refractivity contribution in [2.24, 2.45) is 0 Å². The molecule has 0 bridgehead atoms. The molecule has 4 N–H and O–H groups in total. The Bertz CT molecular complexity index is 581. The fourth-order valence-electron chi connectivity index (χ4n) is 1.13. The molecule has 0 fully saturated rings. The fraction of sp³-hybridized carbons (Fsp3) is 1.00. The lowest BCUT2D eigenvalue weighted by atomic mass is 9.96. The van der Waals surface area contributed by atoms with Crippen LogP contribution in [0, 0.1) is 0 Å². The summed E-state index contributed by atoms with van der Waals surface area (Å²) in [5.74, 6) is -30.7. The minimum absolute atomic E-state index is 0. The van der Waals surface area contributed by atoms with Crippen molar-refractivity contribution in [1.29, 1.82) is 0 Å². The molecule has 0 spiro atoms. The Morgan fingerprint density at radius 1 is 0.640 bits per heavy atom. The second-order valence-electron chi connectivity index (χ2n) is 4.21. The summed E-state index contributed by atoms with van der Waals surface area (Å²) in [6.07, 6.45) is -10.4. The van der Waals surface area contributed by atoms with E-state index in [9.17, 15) is 65.5 Å². The molecule has 0 radical (unpaired) electrons. The van der Waals surface area contributed by atoms with Crippen molar-refractivity contribution in [3.05, 3.63) is 0 Å². The van der Waals surface area contributed by atoms with Crippen molar-refractivity contribution in [2.75, 3.05) is 0 Å². The van der Waals surface area contributed by atoms with E-state index in [1.54, 1.807) is 0 Å². The molecule has 0 aromatic heterocycles. The van der Waals surface area contributed by atoms with Crippen molar-refractivity contribution in [1.82, 2.24) is 6.15 Å². The standard InChI is InChI=1S/C7H3F13O3S.H3N/c8-2(9,1-3(10,11)12)4(13,14)5(15,16)6(17,18)7(19,20)24(21,22)23;/h1H2,(H,21,22,23);1H3. The third-order valence-electron chi connectivity index (χ3n) is 2.36. The minimum atomic E-state index is -8.02. The Hall–Kier alpha value is -1.04. The van der Waals surface area contributed by atoms with Crippen LogP contribution < -0.4 is 6.15 Å². The number of alkyl halides is 13. The van der Waals surface area contributed by atoms with E-state index in [2.05, 4.69) is 0 Å². The van der Waals surface area contributed by atoms with Gasteiger partial charge in [-0.25, -0.2) is 0 Å². The number of halogens is 13. The molecule has 0 aliphatic heterocycles. The Kier molecular flexibility index (Phi) is 6.59. The molecular formula is C7H6F13NO3S. The summed E-state index contributed by atoms with van der Waals surface area (Å²) in [6.45, 7) is 0. The van der Waals surface area contributed by atoms with Gasteiger partial charge in [-0.3, -0.25) is 4.55 Å². The van der Waals surface area contributed by atoms with Crippen LogP contribution in [0.5, 0.6) is 0 Å². The van der Waals surface area contributed by atoms with Gasteiger partial charge in [0, 0.05) is 0 Å². The van der Waals surface area contributed by atoms with E-state index in [4.69, 9.17) is 4.55 Å². The smallest absolute Gasteiger partial charge is 0.344 e. The second kappa shape index (κ2) is 6.29. The summed E-state index contributed by atoms with van der Waals surface area (Å²) >= 11 is 0. The number of hydrogen-bond donors (Lipinski definition) is 2. The maximum Gasteiger partial charge on any atom is 0.438 e. The maximum atomic E-state index is 12.9. The van der Waals surface area contributed by atoms with E-state index >= 15 is 0 Å². The average Bonchev–Trinajstić information content (AvgIpc) is 2.22. The van der Waals surface area contributed by atoms with Crippen LogP contribution in [-0.2, 0) is 10.1 Å². The molecule has 154 valence electrons. The van der Waals surface area contributed by atoms with Gasteiger partial charge in [0.1, 0.15) is 6.42 Å². The van der Waals surface area contributed by atoms with Crippen LogP contribution in [0.25, 0.3) is 0 Å². The zero-order chi connectivity index (χ0) is 20.2. The first-order chi connectivity index (χ1) is 9.96. The van der Waals surface area contributed by atoms with Gasteiger partial charge in [0.15, 0.2) is 0 Å². The predicted molar refractivity (Wildman–Crippen MR) is 52.0 cm³/mol. The van der Waals surface area contributed by atoms with Crippen molar-refractivity contribution in [3.63, 3.8) is 0 Å². The van der Waals surface area contributed by atoms with Crippen LogP contribution in [0.3, 0.4) is 0 Å². The molecule has 0 amide bonds. The minimum Gasteiger partial charge on any atom is -0.344 e. The molecule has 0 rings (SSSR count). The SMILES string of the molecule is N.O=S(=O)(O)C(F)(F)C(F)(F)C(F)(F)C(F)(F)C(F)(F)CC(F)(F)F. The van der Waals surface area contributed by atoms with Gasteiger partial charge in [0.25, 0.3) is 0 Å². The average molecular weight is 431 g/mol. The Morgan fingerprint density at radius 2 is 0.960 bits per heavy atom. The van der Waals surface area contributed by atoms with Crippen LogP contribution in [0.2, 0.25) is 0 Å². The first kappa shape index (κ1) is 26.2. The third-order valence-corrected chi connectivity index (χ3v) is 3.26. The van der Waals surface area contributed by atoms with Crippen LogP contribution >= 0.6 is 0 Å². The van der Waals surface area contributed by atoms with E-state index in [0.29, 0.717) is 0 Å². The van der Waals surface area contributed by atoms with Gasteiger partial charge in [-0.2, -0.15) is 65.5 Å². The van der Waals surface area contributed by atoms with Crippen molar-refractivity contribution < 1.29 is 70.0 Å². The summed E-state index contributed by atoms with van der Waals surface area (Å²) in [5.41, 5.74) is 0. The molecular weight excluding hydrogens is 425 g/mol. The lowest BCUT2D eigenvalue weighted by Crippen LogP contribution is -2.69. The molecule has 18 heteroatoms. The monoisotopic (exact) mass is 431 g/mol. The largest absolute Gasteiger partial charge is 0.438 e. The van der Waals surface area contributed by atoms with Gasteiger partial charge in [0.05, 0.1) is 0 Å². The lowest BCUT2D eigenvalue weighted by molar-refractivity contribution is -0.397. The van der Waals surface area contributed by atoms with Crippen LogP contribution in [0.15, 0.2) is 0 Å². The van der Waals surface area contributed by atoms with E-state index in [-0.39, 0.29) is 6.15 Å². The first-order valence-corrected chi connectivity index (χ1v) is 6.32. The Balaban J connectivity index is 0. The molecule has 25 heavy (non-hydrogen) atoms. The maximum absolute atomic E-state index is 12.9. The van der Waals surface area contributed by atoms with E-state index < -0.39 is 51.7 Å². The molecule has 0 unspecified atom stereocenters. The molecule has 4 nitrogen and oxygen atoms in total. The summed E-state index contributed by atoms with van der Waals surface area (Å²) in [7, 11) is -7.55. The van der Waals surface area contributed by atoms with Gasteiger partial charge in [0.2, 0.25) is 0 Å². The Morgan fingerprint density at radius 3 is 1.20 bits per heavy atom. The molecule has 0 heterocycles. The highest BCUT2D eigenvalue weighted by Gasteiger charge is 2.89. The molecule has 0 atom stereocenters. The molecule has 0 aliphatic carbocycles. The van der Waals surface area contributed by atoms with Gasteiger partial charge in [-0.15, -0.1) is 0 Å². The van der Waals surface area contributed by atoms with E-state index in [1.807, 2.05) is 0 Å². The topological polar surface area (TPSA) is 89.4 Å². The molecule has 0 aromatic rings. The lowest BCUT2D eigenvalue weighted by Gasteiger charge is -2.38. The van der Waals surface area contributed by atoms with Gasteiger partial charge in [-0.05, 0) is 0 Å². The summed E-state index contributed by atoms with van der Waals surface area (Å²) in [5, 5.41) is -7.43. The molecule has 0 aromatic carbocycles. The van der Waals surface area contributed by atoms with Crippen molar-refractivity contribution >= 4 is 10.1 Å². The zero-order valence-electron chi connectivity index (χ0n) is 11.0. The van der Waals surface area contributed by atoms with Gasteiger partial charge < -0.3 is 6.15 Å². The highest BCUT2D eigenvalue weighted by molar-refractivity contribution is 7.87. The normalized spacial score (nSPS) is 15.8. The fourth-order valence-corrected chi connectivity index (χ4v) is 1.59. The van der Waals surface area contributed by atoms with E-state index in [1.165, 1.54) is 0 Å². The Labute approximate surface area is 129 Å². The molecule has 0 saturated heterocycles. The van der Waals surface area contributed by atoms with Crippen LogP contribution in [0.1, 0.15) is 6.42 Å². The summed E-state index contributed by atoms with van der Waals surface area (Å²) in [6, 6.07) is 0. The predicted octanol–water partition coefficient (Wildman–Crippen LogP) is 4.12. The first-order valence-electron chi connectivity index (χ1n) is 4.88. The molecule has 0 saturated carbocycles. The van der Waals surface area contributed by atoms with E-state index in [0.717, 1.165) is 0 Å². The van der Waals surface area contributed by atoms with Gasteiger partial charge in [-0.1, -0.05) is 0 Å². The summed E-state index contributed by atoms with van der Waals surface area (Å²) < 4.78 is 190. The third kappa shape index (κ3) is 4.04. The van der Waals surface area contributed by atoms with Gasteiger partial charge >= 0.3 is 45.2 Å². The zero-order valence-corrected chi connectivity index (χ0v) is 11.8. The van der Waals surface area contributed by atoms with Crippen molar-refractivity contribution in [2.45, 2.75) is 41.5 Å². The van der Waals surface area contributed by atoms with Crippen molar-refractivity contribution in [3.8, 4) is 0 Å². The van der Waals surface area contributed by atoms with Crippen LogP contribution in [0.4, 0.5) is 57.1 Å². The number of hydrogen-bond acceptors (Lipinski definition) is 3. The van der Waals surface area contributed by atoms with Crippen LogP contribution in [-0.4, -0.2) is 48.1 Å². The molecule has 0 aliphatic rings. The highest BCUT2D eigenvalue weighted by Crippen LogP contribution is 2.59. The highest BCUT2D eigenvalue weighted by atomic mass is 32.2. The summed E-state index contributed by atoms with van der Waals surface area (Å²) in [4.78, 5) is 0.